The second-order valence-corrected chi connectivity index (χ2v) is 8.62. The maximum Gasteiger partial charge on any atom is 0.229 e. The largest absolute Gasteiger partial charge is 0.382 e. The van der Waals surface area contributed by atoms with Crippen LogP contribution in [-0.4, -0.2) is 20.7 Å². The lowest BCUT2D eigenvalue weighted by Crippen LogP contribution is -2.22. The van der Waals surface area contributed by atoms with E-state index >= 15 is 0 Å². The molecule has 1 fully saturated rings. The second kappa shape index (κ2) is 5.48. The Bertz CT molecular complexity index is 629. The molecule has 0 amide bonds. The maximum atomic E-state index is 13.7. The van der Waals surface area contributed by atoms with Crippen LogP contribution in [0.5, 0.6) is 0 Å². The monoisotopic (exact) mass is 314 g/mol. The summed E-state index contributed by atoms with van der Waals surface area (Å²) in [7, 11) is -3.49. The van der Waals surface area contributed by atoms with E-state index < -0.39 is 15.8 Å². The normalized spacial score (nSPS) is 24.8. The summed E-state index contributed by atoms with van der Waals surface area (Å²) in [6.45, 7) is 6.69. The molecule has 2 N–H and O–H groups in total. The summed E-state index contributed by atoms with van der Waals surface area (Å²) in [5.41, 5.74) is 1.01. The highest BCUT2D eigenvalue weighted by molar-refractivity contribution is 7.92. The van der Waals surface area contributed by atoms with Gasteiger partial charge in [0.25, 0.3) is 0 Å². The smallest absolute Gasteiger partial charge is 0.229 e. The molecule has 21 heavy (non-hydrogen) atoms. The van der Waals surface area contributed by atoms with Crippen molar-refractivity contribution < 1.29 is 12.8 Å². The van der Waals surface area contributed by atoms with E-state index in [1.165, 1.54) is 12.1 Å². The zero-order valence-electron chi connectivity index (χ0n) is 12.9. The molecule has 118 valence electrons. The van der Waals surface area contributed by atoms with Crippen molar-refractivity contribution in [1.29, 1.82) is 0 Å². The summed E-state index contributed by atoms with van der Waals surface area (Å²) < 4.78 is 38.4. The predicted octanol–water partition coefficient (Wildman–Crippen LogP) is 3.43. The molecule has 2 atom stereocenters. The first kappa shape index (κ1) is 16.1. The third-order valence-corrected chi connectivity index (χ3v) is 4.54. The molecule has 2 rings (SSSR count). The Hall–Kier alpha value is -1.30. The van der Waals surface area contributed by atoms with Crippen LogP contribution in [0.25, 0.3) is 0 Å². The topological polar surface area (TPSA) is 58.2 Å². The highest BCUT2D eigenvalue weighted by atomic mass is 32.2. The molecule has 0 aliphatic heterocycles. The molecule has 1 aliphatic carbocycles. The fraction of sp³-hybridized carbons (Fsp3) is 0.600. The summed E-state index contributed by atoms with van der Waals surface area (Å²) in [5, 5.41) is 3.40. The molecular weight excluding hydrogens is 291 g/mol. The summed E-state index contributed by atoms with van der Waals surface area (Å²) >= 11 is 0. The standard InChI is InChI=1S/C15H23FN2O2S/c1-10-8-15(2,3)9-14(10)17-11-5-6-12(16)13(7-11)18-21(4,19)20/h5-7,10,14,17-18H,8-9H2,1-4H3. The molecule has 0 heterocycles. The minimum atomic E-state index is -3.49. The van der Waals surface area contributed by atoms with E-state index in [0.29, 0.717) is 17.4 Å². The van der Waals surface area contributed by atoms with E-state index in [1.54, 1.807) is 6.07 Å². The van der Waals surface area contributed by atoms with Gasteiger partial charge in [0, 0.05) is 11.7 Å². The molecule has 0 aromatic heterocycles. The molecule has 0 radical (unpaired) electrons. The van der Waals surface area contributed by atoms with Crippen molar-refractivity contribution in [2.45, 2.75) is 39.7 Å². The number of benzene rings is 1. The number of rotatable bonds is 4. The third-order valence-electron chi connectivity index (χ3n) is 3.95. The van der Waals surface area contributed by atoms with Crippen LogP contribution >= 0.6 is 0 Å². The molecule has 1 saturated carbocycles. The minimum absolute atomic E-state index is 0.0209. The number of hydrogen-bond donors (Lipinski definition) is 2. The predicted molar refractivity (Wildman–Crippen MR) is 84.5 cm³/mol. The van der Waals surface area contributed by atoms with Gasteiger partial charge in [0.1, 0.15) is 5.82 Å². The van der Waals surface area contributed by atoms with Gasteiger partial charge in [-0.25, -0.2) is 12.8 Å². The number of halogens is 1. The molecule has 4 nitrogen and oxygen atoms in total. The quantitative estimate of drug-likeness (QED) is 0.895. The van der Waals surface area contributed by atoms with E-state index in [9.17, 15) is 12.8 Å². The summed E-state index contributed by atoms with van der Waals surface area (Å²) in [4.78, 5) is 0. The Morgan fingerprint density at radius 3 is 2.48 bits per heavy atom. The molecule has 6 heteroatoms. The fourth-order valence-corrected chi connectivity index (χ4v) is 3.75. The fourth-order valence-electron chi connectivity index (χ4n) is 3.19. The van der Waals surface area contributed by atoms with Crippen LogP contribution in [0.1, 0.15) is 33.6 Å². The van der Waals surface area contributed by atoms with Crippen molar-refractivity contribution in [3.05, 3.63) is 24.0 Å². The van der Waals surface area contributed by atoms with Crippen LogP contribution in [0.4, 0.5) is 15.8 Å². The average molecular weight is 314 g/mol. The van der Waals surface area contributed by atoms with Crippen LogP contribution in [0, 0.1) is 17.2 Å². The van der Waals surface area contributed by atoms with Gasteiger partial charge in [0.05, 0.1) is 11.9 Å². The molecular formula is C15H23FN2O2S. The Balaban J connectivity index is 2.16. The Kier molecular flexibility index (Phi) is 4.19. The molecule has 0 spiro atoms. The van der Waals surface area contributed by atoms with Gasteiger partial charge in [0.15, 0.2) is 0 Å². The minimum Gasteiger partial charge on any atom is -0.382 e. The van der Waals surface area contributed by atoms with Gasteiger partial charge in [0.2, 0.25) is 10.0 Å². The van der Waals surface area contributed by atoms with Gasteiger partial charge >= 0.3 is 0 Å². The lowest BCUT2D eigenvalue weighted by atomic mass is 9.91. The Labute approximate surface area is 126 Å². The highest BCUT2D eigenvalue weighted by Crippen LogP contribution is 2.42. The first-order valence-corrected chi connectivity index (χ1v) is 8.99. The molecule has 1 aliphatic rings. The second-order valence-electron chi connectivity index (χ2n) is 6.87. The van der Waals surface area contributed by atoms with Gasteiger partial charge in [-0.05, 0) is 42.4 Å². The van der Waals surface area contributed by atoms with Gasteiger partial charge in [-0.1, -0.05) is 20.8 Å². The average Bonchev–Trinajstić information content (AvgIpc) is 2.54. The van der Waals surface area contributed by atoms with E-state index in [2.05, 4.69) is 30.8 Å². The first-order chi connectivity index (χ1) is 9.56. The van der Waals surface area contributed by atoms with E-state index in [-0.39, 0.29) is 5.69 Å². The van der Waals surface area contributed by atoms with Crippen molar-refractivity contribution in [3.8, 4) is 0 Å². The third kappa shape index (κ3) is 4.33. The Morgan fingerprint density at radius 2 is 1.95 bits per heavy atom. The highest BCUT2D eigenvalue weighted by Gasteiger charge is 2.36. The zero-order chi connectivity index (χ0) is 15.8. The SMILES string of the molecule is CC1CC(C)(C)CC1Nc1ccc(F)c(NS(C)(=O)=O)c1. The van der Waals surface area contributed by atoms with E-state index in [1.807, 2.05) is 0 Å². The van der Waals surface area contributed by atoms with Gasteiger partial charge in [-0.15, -0.1) is 0 Å². The number of sulfonamides is 1. The van der Waals surface area contributed by atoms with Crippen LogP contribution < -0.4 is 10.0 Å². The summed E-state index contributed by atoms with van der Waals surface area (Å²) in [5.74, 6) is -0.0536. The van der Waals surface area contributed by atoms with Gasteiger partial charge in [-0.2, -0.15) is 0 Å². The van der Waals surface area contributed by atoms with E-state index in [0.717, 1.165) is 24.8 Å². The lowest BCUT2D eigenvalue weighted by Gasteiger charge is -2.20. The summed E-state index contributed by atoms with van der Waals surface area (Å²) in [6, 6.07) is 4.74. The lowest BCUT2D eigenvalue weighted by molar-refractivity contribution is 0.366. The van der Waals surface area contributed by atoms with Crippen molar-refractivity contribution in [1.82, 2.24) is 0 Å². The molecule has 0 bridgehead atoms. The van der Waals surface area contributed by atoms with Crippen LogP contribution in [0.15, 0.2) is 18.2 Å². The molecule has 0 saturated heterocycles. The van der Waals surface area contributed by atoms with Gasteiger partial charge < -0.3 is 5.32 Å². The molecule has 1 aromatic rings. The zero-order valence-corrected chi connectivity index (χ0v) is 13.7. The van der Waals surface area contributed by atoms with Crippen molar-refractivity contribution in [3.63, 3.8) is 0 Å². The maximum absolute atomic E-state index is 13.7. The number of hydrogen-bond acceptors (Lipinski definition) is 3. The molecule has 2 unspecified atom stereocenters. The van der Waals surface area contributed by atoms with Crippen molar-refractivity contribution in [2.24, 2.45) is 11.3 Å². The summed E-state index contributed by atoms with van der Waals surface area (Å²) in [6.07, 6.45) is 3.19. The van der Waals surface area contributed by atoms with Crippen LogP contribution in [0.3, 0.4) is 0 Å². The Morgan fingerprint density at radius 1 is 1.29 bits per heavy atom. The van der Waals surface area contributed by atoms with Crippen LogP contribution in [0.2, 0.25) is 0 Å². The number of nitrogens with one attached hydrogen (secondary N) is 2. The van der Waals surface area contributed by atoms with Crippen LogP contribution in [-0.2, 0) is 10.0 Å². The van der Waals surface area contributed by atoms with Crippen molar-refractivity contribution >= 4 is 21.4 Å². The van der Waals surface area contributed by atoms with Gasteiger partial charge in [-0.3, -0.25) is 4.72 Å². The number of anilines is 2. The molecule has 1 aromatic carbocycles. The van der Waals surface area contributed by atoms with E-state index in [4.69, 9.17) is 0 Å². The van der Waals surface area contributed by atoms with Crippen molar-refractivity contribution in [2.75, 3.05) is 16.3 Å². The first-order valence-electron chi connectivity index (χ1n) is 7.10.